The van der Waals surface area contributed by atoms with E-state index in [1.807, 2.05) is 0 Å². The van der Waals surface area contributed by atoms with E-state index in [2.05, 4.69) is 104 Å². The Morgan fingerprint density at radius 2 is 1.12 bits per heavy atom. The molecule has 4 nitrogen and oxygen atoms in total. The molecule has 0 radical (unpaired) electrons. The summed E-state index contributed by atoms with van der Waals surface area (Å²) in [4.78, 5) is 0. The molecule has 0 aliphatic rings. The third-order valence-corrected chi connectivity index (χ3v) is 9.14. The molecule has 2 unspecified atom stereocenters. The molecule has 0 aliphatic heterocycles. The Morgan fingerprint density at radius 1 is 0.636 bits per heavy atom. The van der Waals surface area contributed by atoms with E-state index in [0.717, 1.165) is 25.9 Å². The minimum absolute atomic E-state index is 0.0341. The van der Waals surface area contributed by atoms with Crippen molar-refractivity contribution in [1.82, 2.24) is 0 Å². The highest BCUT2D eigenvalue weighted by atomic mass is 16.5. The molecule has 0 spiro atoms. The first-order chi connectivity index (χ1) is 14.5. The van der Waals surface area contributed by atoms with Gasteiger partial charge in [0.05, 0.1) is 30.0 Å². The monoisotopic (exact) mass is 471 g/mol. The van der Waals surface area contributed by atoms with Gasteiger partial charge in [-0.25, -0.2) is 0 Å². The van der Waals surface area contributed by atoms with Crippen LogP contribution in [0.15, 0.2) is 0 Å². The lowest BCUT2D eigenvalue weighted by atomic mass is 9.68. The smallest absolute Gasteiger partial charge is 0.0680 e. The average molecular weight is 472 g/mol. The third-order valence-electron chi connectivity index (χ3n) is 9.14. The first-order valence-electron chi connectivity index (χ1n) is 13.2. The van der Waals surface area contributed by atoms with Gasteiger partial charge in [0.1, 0.15) is 0 Å². The van der Waals surface area contributed by atoms with Crippen LogP contribution in [0.5, 0.6) is 0 Å². The molecule has 0 amide bonds. The highest BCUT2D eigenvalue weighted by Gasteiger charge is 2.44. The minimum atomic E-state index is -0.276. The molecule has 0 aromatic heterocycles. The second kappa shape index (κ2) is 11.7. The zero-order valence-corrected chi connectivity index (χ0v) is 25.2. The zero-order valence-electron chi connectivity index (χ0n) is 25.2. The summed E-state index contributed by atoms with van der Waals surface area (Å²) in [6, 6.07) is 0. The molecule has 0 aliphatic carbocycles. The number of hydrogen-bond donors (Lipinski definition) is 1. The zero-order chi connectivity index (χ0) is 26.5. The van der Waals surface area contributed by atoms with Gasteiger partial charge in [0, 0.05) is 12.1 Å². The largest absolute Gasteiger partial charge is 0.375 e. The van der Waals surface area contributed by atoms with E-state index in [0.29, 0.717) is 19.1 Å². The lowest BCUT2D eigenvalue weighted by molar-refractivity contribution is -0.158. The van der Waals surface area contributed by atoms with E-state index >= 15 is 0 Å². The number of hydrogen-bond acceptors (Lipinski definition) is 4. The first-order valence-corrected chi connectivity index (χ1v) is 13.2. The van der Waals surface area contributed by atoms with Crippen LogP contribution in [0.3, 0.4) is 0 Å². The number of ether oxygens (including phenoxy) is 3. The molecule has 33 heavy (non-hydrogen) atoms. The molecule has 2 N–H and O–H groups in total. The molecular weight excluding hydrogens is 410 g/mol. The van der Waals surface area contributed by atoms with E-state index in [1.165, 1.54) is 0 Å². The van der Waals surface area contributed by atoms with Gasteiger partial charge >= 0.3 is 0 Å². The van der Waals surface area contributed by atoms with Gasteiger partial charge in [-0.2, -0.15) is 0 Å². The molecule has 0 aromatic rings. The molecule has 4 heteroatoms. The van der Waals surface area contributed by atoms with E-state index in [-0.39, 0.29) is 39.1 Å². The molecular formula is C29H61NO3. The summed E-state index contributed by atoms with van der Waals surface area (Å²) < 4.78 is 19.3. The molecule has 0 fully saturated rings. The Hall–Kier alpha value is -0.160. The van der Waals surface area contributed by atoms with Crippen LogP contribution < -0.4 is 5.73 Å². The van der Waals surface area contributed by atoms with Gasteiger partial charge in [0.25, 0.3) is 0 Å². The fraction of sp³-hybridized carbons (Fsp3) is 1.00. The van der Waals surface area contributed by atoms with Crippen LogP contribution >= 0.6 is 0 Å². The van der Waals surface area contributed by atoms with E-state index in [1.54, 1.807) is 0 Å². The fourth-order valence-corrected chi connectivity index (χ4v) is 3.62. The highest BCUT2D eigenvalue weighted by molar-refractivity contribution is 4.93. The molecule has 0 saturated heterocycles. The second-order valence-electron chi connectivity index (χ2n) is 14.0. The number of nitrogens with two attached hydrogens (primary N) is 1. The third kappa shape index (κ3) is 9.78. The Balaban J connectivity index is 4.98. The predicted octanol–water partition coefficient (Wildman–Crippen LogP) is 7.62. The van der Waals surface area contributed by atoms with Gasteiger partial charge in [0.2, 0.25) is 0 Å². The Kier molecular flexibility index (Phi) is 11.7. The van der Waals surface area contributed by atoms with Crippen molar-refractivity contribution < 1.29 is 14.2 Å². The number of rotatable bonds is 16. The Labute approximate surface area is 208 Å². The predicted molar refractivity (Wildman–Crippen MR) is 144 cm³/mol. The van der Waals surface area contributed by atoms with Gasteiger partial charge in [-0.15, -0.1) is 0 Å². The normalized spacial score (nSPS) is 16.7. The maximum Gasteiger partial charge on any atom is 0.0680 e. The average Bonchev–Trinajstić information content (AvgIpc) is 2.62. The molecule has 0 rings (SSSR count). The van der Waals surface area contributed by atoms with Gasteiger partial charge in [-0.05, 0) is 90.9 Å². The topological polar surface area (TPSA) is 53.7 Å². The maximum absolute atomic E-state index is 6.57. The van der Waals surface area contributed by atoms with Gasteiger partial charge < -0.3 is 19.9 Å². The fourth-order valence-electron chi connectivity index (χ4n) is 3.62. The van der Waals surface area contributed by atoms with Crippen molar-refractivity contribution in [3.8, 4) is 0 Å². The molecule has 0 saturated carbocycles. The van der Waals surface area contributed by atoms with Crippen LogP contribution in [0, 0.1) is 22.7 Å². The van der Waals surface area contributed by atoms with Crippen molar-refractivity contribution in [2.45, 2.75) is 145 Å². The standard InChI is InChI=1S/C29H61NO3/c1-16-17-25(6,7)32-20-22(2)26(8,9)29(14,15)31-19-18-24(4,5)28(12,13)33-21-23(3)27(10,11)30/h22-23H,16-21,30H2,1-15H3. The highest BCUT2D eigenvalue weighted by Crippen LogP contribution is 2.43. The minimum Gasteiger partial charge on any atom is -0.375 e. The van der Waals surface area contributed by atoms with Gasteiger partial charge in [0.15, 0.2) is 0 Å². The summed E-state index contributed by atoms with van der Waals surface area (Å²) in [5.41, 5.74) is 5.32. The van der Waals surface area contributed by atoms with Crippen LogP contribution in [0.2, 0.25) is 0 Å². The SMILES string of the molecule is CCCC(C)(C)OCC(C)C(C)(C)C(C)(C)OCCC(C)(C)C(C)(C)OCC(C)C(C)(C)N. The summed E-state index contributed by atoms with van der Waals surface area (Å²) in [6.45, 7) is 35.3. The molecule has 0 bridgehead atoms. The van der Waals surface area contributed by atoms with Crippen LogP contribution in [0.1, 0.15) is 123 Å². The summed E-state index contributed by atoms with van der Waals surface area (Å²) >= 11 is 0. The van der Waals surface area contributed by atoms with Crippen molar-refractivity contribution in [3.63, 3.8) is 0 Å². The van der Waals surface area contributed by atoms with Crippen molar-refractivity contribution in [2.75, 3.05) is 19.8 Å². The Bertz CT molecular complexity index is 570. The summed E-state index contributed by atoms with van der Waals surface area (Å²) in [7, 11) is 0. The molecule has 0 aromatic carbocycles. The second-order valence-corrected chi connectivity index (χ2v) is 14.0. The molecule has 0 heterocycles. The first kappa shape index (κ1) is 32.8. The van der Waals surface area contributed by atoms with Crippen LogP contribution in [0.25, 0.3) is 0 Å². The maximum atomic E-state index is 6.57. The van der Waals surface area contributed by atoms with E-state index in [4.69, 9.17) is 19.9 Å². The quantitative estimate of drug-likeness (QED) is 0.251. The lowest BCUT2D eigenvalue weighted by Gasteiger charge is -2.47. The van der Waals surface area contributed by atoms with Crippen LogP contribution in [-0.4, -0.2) is 42.2 Å². The van der Waals surface area contributed by atoms with Crippen LogP contribution in [0.4, 0.5) is 0 Å². The van der Waals surface area contributed by atoms with Gasteiger partial charge in [-0.1, -0.05) is 54.9 Å². The van der Waals surface area contributed by atoms with Gasteiger partial charge in [-0.3, -0.25) is 0 Å². The van der Waals surface area contributed by atoms with Crippen molar-refractivity contribution in [2.24, 2.45) is 28.4 Å². The summed E-state index contributed by atoms with van der Waals surface area (Å²) in [6.07, 6.45) is 3.14. The molecule has 200 valence electrons. The lowest BCUT2D eigenvalue weighted by Crippen LogP contribution is -2.49. The van der Waals surface area contributed by atoms with E-state index in [9.17, 15) is 0 Å². The van der Waals surface area contributed by atoms with Crippen LogP contribution in [-0.2, 0) is 14.2 Å². The Morgan fingerprint density at radius 3 is 1.58 bits per heavy atom. The molecule has 2 atom stereocenters. The summed E-state index contributed by atoms with van der Waals surface area (Å²) in [5, 5.41) is 0. The van der Waals surface area contributed by atoms with Crippen molar-refractivity contribution in [1.29, 1.82) is 0 Å². The van der Waals surface area contributed by atoms with E-state index < -0.39 is 0 Å². The summed E-state index contributed by atoms with van der Waals surface area (Å²) in [5.74, 6) is 0.659. The van der Waals surface area contributed by atoms with Crippen molar-refractivity contribution in [3.05, 3.63) is 0 Å². The van der Waals surface area contributed by atoms with Crippen molar-refractivity contribution >= 4 is 0 Å².